The summed E-state index contributed by atoms with van der Waals surface area (Å²) in [6.45, 7) is 10.3. The maximum atomic E-state index is 4.92. The fourth-order valence-corrected chi connectivity index (χ4v) is 4.64. The SMILES string of the molecule is CCc1nc2c(n1CC1(CC(C)C)CCCC1)CCNC2. The average Bonchev–Trinajstić information content (AvgIpc) is 3.04. The molecule has 21 heavy (non-hydrogen) atoms. The highest BCUT2D eigenvalue weighted by atomic mass is 15.1. The number of hydrogen-bond acceptors (Lipinski definition) is 2. The average molecular weight is 289 g/mol. The Morgan fingerprint density at radius 1 is 1.29 bits per heavy atom. The molecule has 0 radical (unpaired) electrons. The first-order chi connectivity index (χ1) is 10.1. The van der Waals surface area contributed by atoms with E-state index in [4.69, 9.17) is 4.98 Å². The van der Waals surface area contributed by atoms with Crippen LogP contribution in [0.2, 0.25) is 0 Å². The lowest BCUT2D eigenvalue weighted by atomic mass is 9.78. The van der Waals surface area contributed by atoms with Gasteiger partial charge in [-0.3, -0.25) is 0 Å². The largest absolute Gasteiger partial charge is 0.331 e. The van der Waals surface area contributed by atoms with Crippen LogP contribution >= 0.6 is 0 Å². The van der Waals surface area contributed by atoms with Crippen molar-refractivity contribution in [1.29, 1.82) is 0 Å². The summed E-state index contributed by atoms with van der Waals surface area (Å²) in [7, 11) is 0. The van der Waals surface area contributed by atoms with Gasteiger partial charge in [0, 0.05) is 38.2 Å². The molecule has 118 valence electrons. The maximum absolute atomic E-state index is 4.92. The first-order valence-corrected chi connectivity index (χ1v) is 8.91. The molecule has 3 nitrogen and oxygen atoms in total. The summed E-state index contributed by atoms with van der Waals surface area (Å²) < 4.78 is 2.61. The van der Waals surface area contributed by atoms with Gasteiger partial charge >= 0.3 is 0 Å². The Labute approximate surface area is 129 Å². The monoisotopic (exact) mass is 289 g/mol. The number of rotatable bonds is 5. The highest BCUT2D eigenvalue weighted by Gasteiger charge is 2.36. The van der Waals surface area contributed by atoms with Crippen LogP contribution in [-0.2, 0) is 25.9 Å². The lowest BCUT2D eigenvalue weighted by Crippen LogP contribution is -2.30. The topological polar surface area (TPSA) is 29.9 Å². The predicted octanol–water partition coefficient (Wildman–Crippen LogP) is 3.70. The van der Waals surface area contributed by atoms with E-state index in [2.05, 4.69) is 30.7 Å². The molecular weight excluding hydrogens is 258 g/mol. The van der Waals surface area contributed by atoms with Crippen LogP contribution in [0.3, 0.4) is 0 Å². The zero-order chi connectivity index (χ0) is 14.9. The molecule has 0 atom stereocenters. The van der Waals surface area contributed by atoms with Crippen molar-refractivity contribution in [1.82, 2.24) is 14.9 Å². The van der Waals surface area contributed by atoms with Gasteiger partial charge in [0.2, 0.25) is 0 Å². The first-order valence-electron chi connectivity index (χ1n) is 8.91. The summed E-state index contributed by atoms with van der Waals surface area (Å²) in [5.41, 5.74) is 3.38. The number of hydrogen-bond donors (Lipinski definition) is 1. The third-order valence-electron chi connectivity index (χ3n) is 5.38. The Kier molecular flexibility index (Phi) is 4.39. The minimum absolute atomic E-state index is 0.539. The van der Waals surface area contributed by atoms with Crippen molar-refractivity contribution in [2.75, 3.05) is 6.54 Å². The molecule has 2 heterocycles. The molecule has 1 aliphatic carbocycles. The van der Waals surface area contributed by atoms with Gasteiger partial charge in [-0.2, -0.15) is 0 Å². The van der Waals surface area contributed by atoms with E-state index in [0.717, 1.165) is 31.8 Å². The molecule has 2 aliphatic rings. The van der Waals surface area contributed by atoms with Crippen molar-refractivity contribution in [3.8, 4) is 0 Å². The van der Waals surface area contributed by atoms with Crippen molar-refractivity contribution >= 4 is 0 Å². The minimum Gasteiger partial charge on any atom is -0.331 e. The Morgan fingerprint density at radius 3 is 2.71 bits per heavy atom. The minimum atomic E-state index is 0.539. The van der Waals surface area contributed by atoms with Gasteiger partial charge < -0.3 is 9.88 Å². The van der Waals surface area contributed by atoms with E-state index in [0.29, 0.717) is 5.41 Å². The Balaban J connectivity index is 1.90. The molecule has 3 rings (SSSR count). The fourth-order valence-electron chi connectivity index (χ4n) is 4.64. The molecule has 1 fully saturated rings. The number of fused-ring (bicyclic) bond motifs is 1. The van der Waals surface area contributed by atoms with E-state index >= 15 is 0 Å². The number of aromatic nitrogens is 2. The molecule has 0 bridgehead atoms. The van der Waals surface area contributed by atoms with Crippen LogP contribution in [0.25, 0.3) is 0 Å². The third kappa shape index (κ3) is 3.03. The van der Waals surface area contributed by atoms with E-state index < -0.39 is 0 Å². The highest BCUT2D eigenvalue weighted by Crippen LogP contribution is 2.45. The van der Waals surface area contributed by atoms with E-state index in [9.17, 15) is 0 Å². The number of nitrogens with one attached hydrogen (secondary N) is 1. The molecule has 1 N–H and O–H groups in total. The van der Waals surface area contributed by atoms with Crippen molar-refractivity contribution in [3.05, 3.63) is 17.2 Å². The van der Waals surface area contributed by atoms with Crippen LogP contribution in [0.1, 0.15) is 70.1 Å². The molecule has 1 aromatic heterocycles. The van der Waals surface area contributed by atoms with Crippen LogP contribution in [0, 0.1) is 11.3 Å². The normalized spacial score (nSPS) is 21.0. The Bertz CT molecular complexity index is 481. The Morgan fingerprint density at radius 2 is 2.05 bits per heavy atom. The summed E-state index contributed by atoms with van der Waals surface area (Å²) in [5.74, 6) is 2.12. The van der Waals surface area contributed by atoms with Crippen LogP contribution in [-0.4, -0.2) is 16.1 Å². The molecule has 3 heteroatoms. The molecule has 1 aliphatic heterocycles. The van der Waals surface area contributed by atoms with Crippen LogP contribution in [0.15, 0.2) is 0 Å². The van der Waals surface area contributed by atoms with E-state index in [1.54, 1.807) is 0 Å². The number of aryl methyl sites for hydroxylation is 1. The van der Waals surface area contributed by atoms with Gasteiger partial charge in [-0.25, -0.2) is 4.98 Å². The third-order valence-corrected chi connectivity index (χ3v) is 5.38. The second-order valence-corrected chi connectivity index (χ2v) is 7.59. The van der Waals surface area contributed by atoms with Crippen molar-refractivity contribution in [2.45, 2.75) is 78.8 Å². The molecule has 1 aromatic rings. The van der Waals surface area contributed by atoms with Gasteiger partial charge in [-0.1, -0.05) is 33.6 Å². The Hall–Kier alpha value is -0.830. The predicted molar refractivity (Wildman–Crippen MR) is 87.4 cm³/mol. The van der Waals surface area contributed by atoms with Gasteiger partial charge in [-0.05, 0) is 30.6 Å². The molecule has 0 saturated heterocycles. The molecule has 0 unspecified atom stereocenters. The fraction of sp³-hybridized carbons (Fsp3) is 0.833. The summed E-state index contributed by atoms with van der Waals surface area (Å²) >= 11 is 0. The van der Waals surface area contributed by atoms with E-state index in [-0.39, 0.29) is 0 Å². The van der Waals surface area contributed by atoms with Crippen molar-refractivity contribution in [2.24, 2.45) is 11.3 Å². The molecule has 0 amide bonds. The standard InChI is InChI=1S/C18H31N3/c1-4-17-20-15-12-19-10-7-16(15)21(17)13-18(11-14(2)3)8-5-6-9-18/h14,19H,4-13H2,1-3H3. The number of imidazole rings is 1. The van der Waals surface area contributed by atoms with Crippen molar-refractivity contribution in [3.63, 3.8) is 0 Å². The second-order valence-electron chi connectivity index (χ2n) is 7.59. The van der Waals surface area contributed by atoms with Crippen molar-refractivity contribution < 1.29 is 0 Å². The zero-order valence-corrected chi connectivity index (χ0v) is 14.0. The van der Waals surface area contributed by atoms with Gasteiger partial charge in [0.05, 0.1) is 5.69 Å². The van der Waals surface area contributed by atoms with Gasteiger partial charge in [0.15, 0.2) is 0 Å². The molecule has 0 spiro atoms. The highest BCUT2D eigenvalue weighted by molar-refractivity contribution is 5.21. The number of nitrogens with zero attached hydrogens (tertiary/aromatic N) is 2. The molecule has 1 saturated carbocycles. The van der Waals surface area contributed by atoms with Crippen LogP contribution in [0.5, 0.6) is 0 Å². The summed E-state index contributed by atoms with van der Waals surface area (Å²) in [5, 5.41) is 3.47. The van der Waals surface area contributed by atoms with Gasteiger partial charge in [0.25, 0.3) is 0 Å². The lowest BCUT2D eigenvalue weighted by molar-refractivity contribution is 0.193. The summed E-state index contributed by atoms with van der Waals surface area (Å²) in [6, 6.07) is 0. The zero-order valence-electron chi connectivity index (χ0n) is 14.0. The summed E-state index contributed by atoms with van der Waals surface area (Å²) in [4.78, 5) is 4.92. The van der Waals surface area contributed by atoms with E-state index in [1.165, 1.54) is 55.9 Å². The van der Waals surface area contributed by atoms with E-state index in [1.807, 2.05) is 0 Å². The first kappa shape index (κ1) is 15.1. The maximum Gasteiger partial charge on any atom is 0.108 e. The summed E-state index contributed by atoms with van der Waals surface area (Å²) in [6.07, 6.45) is 9.27. The van der Waals surface area contributed by atoms with Gasteiger partial charge in [0.1, 0.15) is 5.82 Å². The lowest BCUT2D eigenvalue weighted by Gasteiger charge is -2.33. The van der Waals surface area contributed by atoms with Crippen LogP contribution < -0.4 is 5.32 Å². The quantitative estimate of drug-likeness (QED) is 0.896. The molecule has 0 aromatic carbocycles. The smallest absolute Gasteiger partial charge is 0.108 e. The second kappa shape index (κ2) is 6.12. The van der Waals surface area contributed by atoms with Gasteiger partial charge in [-0.15, -0.1) is 0 Å². The molecular formula is C18H31N3. The van der Waals surface area contributed by atoms with Crippen LogP contribution in [0.4, 0.5) is 0 Å².